The van der Waals surface area contributed by atoms with E-state index in [1.165, 1.54) is 17.5 Å². The highest BCUT2D eigenvalue weighted by Gasteiger charge is 2.23. The maximum atomic E-state index is 13.2. The van der Waals surface area contributed by atoms with Crippen LogP contribution in [0.15, 0.2) is 95.6 Å². The number of furan rings is 1. The molecule has 1 aromatic heterocycles. The number of anilines is 3. The Bertz CT molecular complexity index is 1410. The Morgan fingerprint density at radius 3 is 2.21 bits per heavy atom. The molecule has 0 radical (unpaired) electrons. The largest absolute Gasteiger partial charge is 0.459 e. The Morgan fingerprint density at radius 1 is 0.846 bits per heavy atom. The fourth-order valence-corrected chi connectivity index (χ4v) is 4.91. The van der Waals surface area contributed by atoms with Crippen molar-refractivity contribution in [1.82, 2.24) is 5.32 Å². The molecule has 200 valence electrons. The number of piperazine rings is 1. The molecule has 8 heteroatoms. The molecule has 2 heterocycles. The zero-order valence-corrected chi connectivity index (χ0v) is 21.8. The van der Waals surface area contributed by atoms with Gasteiger partial charge in [-0.1, -0.05) is 48.5 Å². The number of aliphatic hydroxyl groups is 1. The standard InChI is InChI=1S/C31H32N4O4/c1-22-8-5-6-11-27(22)34-15-17-35(18-16-34)28-14-13-24(20-25(28)32-31(38)29-12-7-19-39-29)30(37)33-26(21-36)23-9-3-2-4-10-23/h2-14,19-20,26,36H,15-18,21H2,1H3,(H,32,38)(H,33,37)/t26-/m1/s1. The average molecular weight is 525 g/mol. The fourth-order valence-electron chi connectivity index (χ4n) is 4.91. The Hall–Kier alpha value is -4.56. The molecule has 0 bridgehead atoms. The smallest absolute Gasteiger partial charge is 0.291 e. The number of hydrogen-bond acceptors (Lipinski definition) is 6. The van der Waals surface area contributed by atoms with Crippen molar-refractivity contribution >= 4 is 28.9 Å². The maximum absolute atomic E-state index is 13.2. The summed E-state index contributed by atoms with van der Waals surface area (Å²) in [5, 5.41) is 15.7. The molecule has 2 amide bonds. The van der Waals surface area contributed by atoms with Gasteiger partial charge in [-0.3, -0.25) is 9.59 Å². The number of hydrogen-bond donors (Lipinski definition) is 3. The monoisotopic (exact) mass is 524 g/mol. The highest BCUT2D eigenvalue weighted by atomic mass is 16.3. The van der Waals surface area contributed by atoms with Crippen molar-refractivity contribution in [2.45, 2.75) is 13.0 Å². The van der Waals surface area contributed by atoms with Crippen molar-refractivity contribution in [2.24, 2.45) is 0 Å². The number of para-hydroxylation sites is 1. The summed E-state index contributed by atoms with van der Waals surface area (Å²) >= 11 is 0. The summed E-state index contributed by atoms with van der Waals surface area (Å²) < 4.78 is 5.28. The third-order valence-corrected chi connectivity index (χ3v) is 7.02. The highest BCUT2D eigenvalue weighted by Crippen LogP contribution is 2.31. The first kappa shape index (κ1) is 26.1. The Kier molecular flexibility index (Phi) is 7.94. The zero-order valence-electron chi connectivity index (χ0n) is 21.8. The predicted octanol–water partition coefficient (Wildman–Crippen LogP) is 4.63. The van der Waals surface area contributed by atoms with E-state index in [2.05, 4.69) is 45.6 Å². The van der Waals surface area contributed by atoms with Crippen LogP contribution in [0.25, 0.3) is 0 Å². The molecule has 0 aliphatic carbocycles. The minimum absolute atomic E-state index is 0.185. The van der Waals surface area contributed by atoms with Crippen LogP contribution in [-0.2, 0) is 0 Å². The van der Waals surface area contributed by atoms with Crippen molar-refractivity contribution in [3.63, 3.8) is 0 Å². The summed E-state index contributed by atoms with van der Waals surface area (Å²) in [6.45, 7) is 5.05. The van der Waals surface area contributed by atoms with Gasteiger partial charge in [-0.05, 0) is 54.4 Å². The lowest BCUT2D eigenvalue weighted by Gasteiger charge is -2.38. The number of benzene rings is 3. The first-order valence-corrected chi connectivity index (χ1v) is 13.0. The van der Waals surface area contributed by atoms with Crippen LogP contribution in [0, 0.1) is 6.92 Å². The Balaban J connectivity index is 1.37. The lowest BCUT2D eigenvalue weighted by Crippen LogP contribution is -2.47. The number of aryl methyl sites for hydroxylation is 1. The third kappa shape index (κ3) is 5.97. The minimum Gasteiger partial charge on any atom is -0.459 e. The van der Waals surface area contributed by atoms with Crippen LogP contribution in [0.3, 0.4) is 0 Å². The summed E-state index contributed by atoms with van der Waals surface area (Å²) in [4.78, 5) is 30.7. The Labute approximate surface area is 227 Å². The van der Waals surface area contributed by atoms with Gasteiger partial charge in [0.2, 0.25) is 0 Å². The molecule has 1 aliphatic heterocycles. The normalized spacial score (nSPS) is 14.1. The molecule has 39 heavy (non-hydrogen) atoms. The lowest BCUT2D eigenvalue weighted by atomic mass is 10.1. The van der Waals surface area contributed by atoms with E-state index in [-0.39, 0.29) is 18.3 Å². The Morgan fingerprint density at radius 2 is 1.54 bits per heavy atom. The quantitative estimate of drug-likeness (QED) is 0.311. The van der Waals surface area contributed by atoms with Crippen LogP contribution in [-0.4, -0.2) is 49.7 Å². The van der Waals surface area contributed by atoms with E-state index >= 15 is 0 Å². The molecular weight excluding hydrogens is 492 g/mol. The number of nitrogens with one attached hydrogen (secondary N) is 2. The number of nitrogens with zero attached hydrogens (tertiary/aromatic N) is 2. The molecule has 1 saturated heterocycles. The zero-order chi connectivity index (χ0) is 27.2. The van der Waals surface area contributed by atoms with Crippen LogP contribution in [0.5, 0.6) is 0 Å². The number of amides is 2. The second kappa shape index (κ2) is 11.9. The molecule has 0 spiro atoms. The second-order valence-electron chi connectivity index (χ2n) is 9.54. The van der Waals surface area contributed by atoms with Gasteiger partial charge in [0.15, 0.2) is 5.76 Å². The second-order valence-corrected chi connectivity index (χ2v) is 9.54. The molecule has 8 nitrogen and oxygen atoms in total. The topological polar surface area (TPSA) is 98.0 Å². The first-order chi connectivity index (χ1) is 19.0. The van der Waals surface area contributed by atoms with E-state index in [0.29, 0.717) is 11.3 Å². The molecule has 3 N–H and O–H groups in total. The summed E-state index contributed by atoms with van der Waals surface area (Å²) in [6.07, 6.45) is 1.45. The molecule has 1 fully saturated rings. The molecule has 3 aromatic carbocycles. The van der Waals surface area contributed by atoms with Gasteiger partial charge in [-0.15, -0.1) is 0 Å². The summed E-state index contributed by atoms with van der Waals surface area (Å²) in [7, 11) is 0. The van der Waals surface area contributed by atoms with Gasteiger partial charge in [0.05, 0.1) is 30.3 Å². The summed E-state index contributed by atoms with van der Waals surface area (Å²) in [5.74, 6) is -0.554. The van der Waals surface area contributed by atoms with Gasteiger partial charge in [-0.25, -0.2) is 0 Å². The van der Waals surface area contributed by atoms with Crippen molar-refractivity contribution in [3.05, 3.63) is 114 Å². The van der Waals surface area contributed by atoms with Crippen molar-refractivity contribution in [3.8, 4) is 0 Å². The van der Waals surface area contributed by atoms with Gasteiger partial charge < -0.3 is 30.0 Å². The van der Waals surface area contributed by atoms with Crippen LogP contribution < -0.4 is 20.4 Å². The molecule has 5 rings (SSSR count). The molecule has 0 unspecified atom stereocenters. The highest BCUT2D eigenvalue weighted by molar-refractivity contribution is 6.05. The molecule has 0 saturated carbocycles. The van der Waals surface area contributed by atoms with Gasteiger partial charge in [0, 0.05) is 37.4 Å². The summed E-state index contributed by atoms with van der Waals surface area (Å²) in [6, 6.07) is 25.7. The van der Waals surface area contributed by atoms with E-state index in [1.807, 2.05) is 42.5 Å². The van der Waals surface area contributed by atoms with E-state index in [4.69, 9.17) is 4.42 Å². The van der Waals surface area contributed by atoms with Crippen LogP contribution in [0.2, 0.25) is 0 Å². The molecular formula is C31H32N4O4. The number of rotatable bonds is 8. The maximum Gasteiger partial charge on any atom is 0.291 e. The number of carbonyl (C=O) groups is 2. The SMILES string of the molecule is Cc1ccccc1N1CCN(c2ccc(C(=O)N[C@H](CO)c3ccccc3)cc2NC(=O)c2ccco2)CC1. The minimum atomic E-state index is -0.547. The fraction of sp³-hybridized carbons (Fsp3) is 0.226. The van der Waals surface area contributed by atoms with Gasteiger partial charge in [-0.2, -0.15) is 0 Å². The number of carbonyl (C=O) groups excluding carboxylic acids is 2. The lowest BCUT2D eigenvalue weighted by molar-refractivity contribution is 0.0915. The van der Waals surface area contributed by atoms with Crippen molar-refractivity contribution in [2.75, 3.05) is 47.9 Å². The molecule has 1 atom stereocenters. The van der Waals surface area contributed by atoms with E-state index in [9.17, 15) is 14.7 Å². The van der Waals surface area contributed by atoms with Crippen LogP contribution in [0.4, 0.5) is 17.1 Å². The van der Waals surface area contributed by atoms with Gasteiger partial charge >= 0.3 is 0 Å². The number of aliphatic hydroxyl groups excluding tert-OH is 1. The predicted molar refractivity (Wildman–Crippen MR) is 152 cm³/mol. The van der Waals surface area contributed by atoms with Crippen LogP contribution >= 0.6 is 0 Å². The van der Waals surface area contributed by atoms with Crippen LogP contribution in [0.1, 0.15) is 38.1 Å². The average Bonchev–Trinajstić information content (AvgIpc) is 3.52. The van der Waals surface area contributed by atoms with E-state index in [0.717, 1.165) is 37.4 Å². The van der Waals surface area contributed by atoms with Crippen molar-refractivity contribution in [1.29, 1.82) is 0 Å². The summed E-state index contributed by atoms with van der Waals surface area (Å²) in [5.41, 5.74) is 5.01. The molecule has 1 aliphatic rings. The van der Waals surface area contributed by atoms with E-state index in [1.54, 1.807) is 24.3 Å². The van der Waals surface area contributed by atoms with Gasteiger partial charge in [0.1, 0.15) is 0 Å². The molecule has 4 aromatic rings. The van der Waals surface area contributed by atoms with Crippen molar-refractivity contribution < 1.29 is 19.1 Å². The van der Waals surface area contributed by atoms with E-state index < -0.39 is 11.9 Å². The van der Waals surface area contributed by atoms with Gasteiger partial charge in [0.25, 0.3) is 11.8 Å². The first-order valence-electron chi connectivity index (χ1n) is 13.0. The third-order valence-electron chi connectivity index (χ3n) is 7.02.